The molecule has 0 amide bonds. The molecule has 0 bridgehead atoms. The van der Waals surface area contributed by atoms with Gasteiger partial charge in [-0.1, -0.05) is 44.3 Å². The molecule has 0 N–H and O–H groups in total. The molecular weight excluding hydrogens is 212 g/mol. The van der Waals surface area contributed by atoms with E-state index in [9.17, 15) is 4.79 Å². The molecule has 2 atom stereocenters. The molecular formula is C15H24O2. The first-order valence-corrected chi connectivity index (χ1v) is 6.97. The third-order valence-corrected chi connectivity index (χ3v) is 4.61. The van der Waals surface area contributed by atoms with E-state index in [0.29, 0.717) is 5.92 Å². The smallest absolute Gasteiger partial charge is 0.308 e. The minimum atomic E-state index is 0.00748. The standard InChI is InChI=1S/C15H24O2/c1-11-8-9-13(15(16)17-2)14(10-11)12-6-4-3-5-7-12/h12-14H,1,3-10H2,2H3/t13-,14+/m1/s1. The second-order valence-electron chi connectivity index (χ2n) is 5.68. The lowest BCUT2D eigenvalue weighted by atomic mass is 9.67. The lowest BCUT2D eigenvalue weighted by Gasteiger charge is -2.38. The van der Waals surface area contributed by atoms with Gasteiger partial charge >= 0.3 is 5.97 Å². The molecule has 2 aliphatic rings. The Balaban J connectivity index is 2.07. The number of allylic oxidation sites excluding steroid dienone is 1. The van der Waals surface area contributed by atoms with E-state index in [1.165, 1.54) is 44.8 Å². The number of esters is 1. The van der Waals surface area contributed by atoms with E-state index in [4.69, 9.17) is 4.74 Å². The van der Waals surface area contributed by atoms with Gasteiger partial charge in [0.15, 0.2) is 0 Å². The minimum Gasteiger partial charge on any atom is -0.469 e. The molecule has 2 saturated carbocycles. The number of rotatable bonds is 2. The van der Waals surface area contributed by atoms with Crippen LogP contribution in [0.2, 0.25) is 0 Å². The van der Waals surface area contributed by atoms with Gasteiger partial charge in [0.05, 0.1) is 13.0 Å². The number of carbonyl (C=O) groups is 1. The Morgan fingerprint density at radius 2 is 1.94 bits per heavy atom. The van der Waals surface area contributed by atoms with Crippen molar-refractivity contribution in [3.05, 3.63) is 12.2 Å². The maximum absolute atomic E-state index is 11.9. The zero-order valence-corrected chi connectivity index (χ0v) is 10.9. The first-order chi connectivity index (χ1) is 8.22. The van der Waals surface area contributed by atoms with Crippen LogP contribution in [0.4, 0.5) is 0 Å². The predicted octanol–water partition coefficient (Wildman–Crippen LogP) is 3.71. The number of hydrogen-bond donors (Lipinski definition) is 0. The van der Waals surface area contributed by atoms with E-state index < -0.39 is 0 Å². The maximum Gasteiger partial charge on any atom is 0.308 e. The van der Waals surface area contributed by atoms with E-state index in [0.717, 1.165) is 25.2 Å². The van der Waals surface area contributed by atoms with Crippen LogP contribution in [0.15, 0.2) is 12.2 Å². The van der Waals surface area contributed by atoms with Crippen molar-refractivity contribution >= 4 is 5.97 Å². The van der Waals surface area contributed by atoms with Crippen molar-refractivity contribution in [2.75, 3.05) is 7.11 Å². The van der Waals surface area contributed by atoms with Gasteiger partial charge in [-0.2, -0.15) is 0 Å². The second-order valence-corrected chi connectivity index (χ2v) is 5.68. The fraction of sp³-hybridized carbons (Fsp3) is 0.800. The van der Waals surface area contributed by atoms with Crippen molar-refractivity contribution < 1.29 is 9.53 Å². The molecule has 0 spiro atoms. The highest BCUT2D eigenvalue weighted by Gasteiger charge is 2.37. The Hall–Kier alpha value is -0.790. The van der Waals surface area contributed by atoms with Gasteiger partial charge in [0.1, 0.15) is 0 Å². The number of carbonyl (C=O) groups excluding carboxylic acids is 1. The summed E-state index contributed by atoms with van der Waals surface area (Å²) in [5, 5.41) is 0. The molecule has 0 aliphatic heterocycles. The first-order valence-electron chi connectivity index (χ1n) is 6.97. The second kappa shape index (κ2) is 5.70. The van der Waals surface area contributed by atoms with Crippen LogP contribution in [0, 0.1) is 17.8 Å². The average molecular weight is 236 g/mol. The summed E-state index contributed by atoms with van der Waals surface area (Å²) < 4.78 is 4.98. The lowest BCUT2D eigenvalue weighted by Crippen LogP contribution is -2.34. The monoisotopic (exact) mass is 236 g/mol. The fourth-order valence-electron chi connectivity index (χ4n) is 3.65. The van der Waals surface area contributed by atoms with Crippen LogP contribution < -0.4 is 0 Å². The minimum absolute atomic E-state index is 0.00748. The quantitative estimate of drug-likeness (QED) is 0.539. The highest BCUT2D eigenvalue weighted by Crippen LogP contribution is 2.43. The van der Waals surface area contributed by atoms with Gasteiger partial charge < -0.3 is 4.74 Å². The molecule has 0 radical (unpaired) electrons. The van der Waals surface area contributed by atoms with Crippen molar-refractivity contribution in [2.24, 2.45) is 17.8 Å². The van der Waals surface area contributed by atoms with Crippen molar-refractivity contribution in [3.8, 4) is 0 Å². The van der Waals surface area contributed by atoms with Gasteiger partial charge in [-0.15, -0.1) is 0 Å². The Morgan fingerprint density at radius 3 is 2.59 bits per heavy atom. The van der Waals surface area contributed by atoms with Gasteiger partial charge in [-0.05, 0) is 31.1 Å². The molecule has 0 aromatic carbocycles. The number of hydrogen-bond acceptors (Lipinski definition) is 2. The van der Waals surface area contributed by atoms with Crippen LogP contribution in [0.1, 0.15) is 51.4 Å². The van der Waals surface area contributed by atoms with E-state index >= 15 is 0 Å². The summed E-state index contributed by atoms with van der Waals surface area (Å²) in [6, 6.07) is 0. The van der Waals surface area contributed by atoms with E-state index in [2.05, 4.69) is 6.58 Å². The van der Waals surface area contributed by atoms with E-state index in [-0.39, 0.29) is 11.9 Å². The molecule has 2 rings (SSSR count). The molecule has 2 fully saturated rings. The summed E-state index contributed by atoms with van der Waals surface area (Å²) in [7, 11) is 1.52. The van der Waals surface area contributed by atoms with Crippen molar-refractivity contribution in [2.45, 2.75) is 51.4 Å². The van der Waals surface area contributed by atoms with Gasteiger partial charge in [-0.25, -0.2) is 0 Å². The van der Waals surface area contributed by atoms with Crippen molar-refractivity contribution in [1.82, 2.24) is 0 Å². The topological polar surface area (TPSA) is 26.3 Å². The van der Waals surface area contributed by atoms with Crippen LogP contribution in [0.5, 0.6) is 0 Å². The molecule has 0 aromatic rings. The largest absolute Gasteiger partial charge is 0.469 e. The van der Waals surface area contributed by atoms with Gasteiger partial charge in [-0.3, -0.25) is 4.79 Å². The highest BCUT2D eigenvalue weighted by atomic mass is 16.5. The molecule has 0 saturated heterocycles. The normalized spacial score (nSPS) is 31.2. The molecule has 0 heterocycles. The van der Waals surface area contributed by atoms with Crippen LogP contribution in [-0.2, 0) is 9.53 Å². The third-order valence-electron chi connectivity index (χ3n) is 4.61. The van der Waals surface area contributed by atoms with Crippen LogP contribution in [-0.4, -0.2) is 13.1 Å². The summed E-state index contributed by atoms with van der Waals surface area (Å²) >= 11 is 0. The molecule has 0 unspecified atom stereocenters. The van der Waals surface area contributed by atoms with E-state index in [1.807, 2.05) is 0 Å². The Kier molecular flexibility index (Phi) is 4.25. The zero-order chi connectivity index (χ0) is 12.3. The SMILES string of the molecule is C=C1CC[C@@H](C(=O)OC)[C@H](C2CCCCC2)C1. The maximum atomic E-state index is 11.9. The zero-order valence-electron chi connectivity index (χ0n) is 10.9. The molecule has 0 aromatic heterocycles. The van der Waals surface area contributed by atoms with Crippen molar-refractivity contribution in [3.63, 3.8) is 0 Å². The summed E-state index contributed by atoms with van der Waals surface area (Å²) in [6.07, 6.45) is 9.63. The van der Waals surface area contributed by atoms with Crippen LogP contribution in [0.3, 0.4) is 0 Å². The highest BCUT2D eigenvalue weighted by molar-refractivity contribution is 5.73. The Morgan fingerprint density at radius 1 is 1.24 bits per heavy atom. The van der Waals surface area contributed by atoms with E-state index in [1.54, 1.807) is 0 Å². The predicted molar refractivity (Wildman–Crippen MR) is 68.6 cm³/mol. The van der Waals surface area contributed by atoms with Crippen LogP contribution in [0.25, 0.3) is 0 Å². The van der Waals surface area contributed by atoms with Crippen LogP contribution >= 0.6 is 0 Å². The molecule has 17 heavy (non-hydrogen) atoms. The molecule has 2 heteroatoms. The number of methoxy groups -OCH3 is 1. The summed E-state index contributed by atoms with van der Waals surface area (Å²) in [4.78, 5) is 11.9. The third kappa shape index (κ3) is 2.91. The summed E-state index contributed by atoms with van der Waals surface area (Å²) in [6.45, 7) is 4.13. The Labute approximate surface area is 104 Å². The van der Waals surface area contributed by atoms with Gasteiger partial charge in [0.25, 0.3) is 0 Å². The molecule has 96 valence electrons. The fourth-order valence-corrected chi connectivity index (χ4v) is 3.65. The molecule has 2 aliphatic carbocycles. The lowest BCUT2D eigenvalue weighted by molar-refractivity contribution is -0.149. The molecule has 2 nitrogen and oxygen atoms in total. The van der Waals surface area contributed by atoms with Gasteiger partial charge in [0, 0.05) is 0 Å². The summed E-state index contributed by atoms with van der Waals surface area (Å²) in [5.74, 6) is 1.37. The Bertz CT molecular complexity index is 289. The van der Waals surface area contributed by atoms with Gasteiger partial charge in [0.2, 0.25) is 0 Å². The van der Waals surface area contributed by atoms with Crippen molar-refractivity contribution in [1.29, 1.82) is 0 Å². The summed E-state index contributed by atoms with van der Waals surface area (Å²) in [5.41, 5.74) is 1.33. The first kappa shape index (κ1) is 12.7. The average Bonchev–Trinajstić information content (AvgIpc) is 2.39. The number of ether oxygens (including phenoxy) is 1.